The van der Waals surface area contributed by atoms with E-state index in [0.717, 1.165) is 5.69 Å². The minimum atomic E-state index is -0.663. The van der Waals surface area contributed by atoms with Crippen molar-refractivity contribution < 1.29 is 14.7 Å². The van der Waals surface area contributed by atoms with E-state index in [1.54, 1.807) is 5.38 Å². The highest BCUT2D eigenvalue weighted by atomic mass is 35.5. The Kier molecular flexibility index (Phi) is 6.37. The van der Waals surface area contributed by atoms with Gasteiger partial charge in [0.25, 0.3) is 0 Å². The number of benzene rings is 1. The number of hydrogen-bond acceptors (Lipinski definition) is 8. The molecule has 1 aliphatic rings. The molecule has 0 spiro atoms. The summed E-state index contributed by atoms with van der Waals surface area (Å²) in [4.78, 5) is 35.2. The molecule has 0 atom stereocenters. The molecule has 31 heavy (non-hydrogen) atoms. The highest BCUT2D eigenvalue weighted by molar-refractivity contribution is 7.17. The SMILES string of the molecule is NC(=O)NCc1nc(CO)sc1-c1csc(NC(=O)C2CN(c3ccc(Cl)cc3)C2)n1. The van der Waals surface area contributed by atoms with Gasteiger partial charge in [0, 0.05) is 29.2 Å². The van der Waals surface area contributed by atoms with Gasteiger partial charge in [0.15, 0.2) is 5.13 Å². The number of hydrogen-bond donors (Lipinski definition) is 4. The summed E-state index contributed by atoms with van der Waals surface area (Å²) >= 11 is 8.50. The highest BCUT2D eigenvalue weighted by Gasteiger charge is 2.33. The predicted octanol–water partition coefficient (Wildman–Crippen LogP) is 2.66. The van der Waals surface area contributed by atoms with E-state index >= 15 is 0 Å². The largest absolute Gasteiger partial charge is 0.389 e. The number of urea groups is 1. The fourth-order valence-electron chi connectivity index (χ4n) is 3.11. The number of aliphatic hydroxyl groups excluding tert-OH is 1. The maximum Gasteiger partial charge on any atom is 0.312 e. The number of primary amides is 1. The number of anilines is 2. The molecule has 1 aromatic carbocycles. The molecule has 4 rings (SSSR count). The van der Waals surface area contributed by atoms with Crippen LogP contribution in [-0.2, 0) is 17.9 Å². The molecule has 2 aromatic heterocycles. The molecular formula is C19H19ClN6O3S2. The second-order valence-corrected chi connectivity index (χ2v) is 9.24. The van der Waals surface area contributed by atoms with Crippen LogP contribution < -0.4 is 21.3 Å². The lowest BCUT2D eigenvalue weighted by Crippen LogP contribution is -2.52. The van der Waals surface area contributed by atoms with Crippen LogP contribution >= 0.6 is 34.3 Å². The van der Waals surface area contributed by atoms with E-state index in [9.17, 15) is 14.7 Å². The molecule has 3 heterocycles. The molecule has 0 unspecified atom stereocenters. The van der Waals surface area contributed by atoms with Crippen LogP contribution in [0, 0.1) is 5.92 Å². The monoisotopic (exact) mass is 478 g/mol. The molecule has 12 heteroatoms. The van der Waals surface area contributed by atoms with Crippen LogP contribution in [0.15, 0.2) is 29.6 Å². The van der Waals surface area contributed by atoms with E-state index in [1.165, 1.54) is 22.7 Å². The molecule has 0 radical (unpaired) electrons. The molecule has 0 bridgehead atoms. The maximum absolute atomic E-state index is 12.6. The fourth-order valence-corrected chi connectivity index (χ4v) is 4.92. The van der Waals surface area contributed by atoms with Crippen LogP contribution in [0.2, 0.25) is 5.02 Å². The molecule has 3 amide bonds. The van der Waals surface area contributed by atoms with Crippen molar-refractivity contribution in [2.75, 3.05) is 23.3 Å². The molecule has 1 saturated heterocycles. The lowest BCUT2D eigenvalue weighted by atomic mass is 9.98. The average Bonchev–Trinajstić information content (AvgIpc) is 3.33. The van der Waals surface area contributed by atoms with E-state index in [0.29, 0.717) is 44.5 Å². The number of halogens is 1. The summed E-state index contributed by atoms with van der Waals surface area (Å²) in [7, 11) is 0. The summed E-state index contributed by atoms with van der Waals surface area (Å²) in [5, 5.41) is 18.2. The number of nitrogens with zero attached hydrogens (tertiary/aromatic N) is 3. The van der Waals surface area contributed by atoms with Crippen LogP contribution in [0.25, 0.3) is 10.6 Å². The van der Waals surface area contributed by atoms with Crippen LogP contribution in [0.5, 0.6) is 0 Å². The third-order valence-corrected chi connectivity index (χ3v) is 6.83. The van der Waals surface area contributed by atoms with Crippen molar-refractivity contribution in [2.24, 2.45) is 11.7 Å². The van der Waals surface area contributed by atoms with Crippen molar-refractivity contribution >= 4 is 57.0 Å². The maximum atomic E-state index is 12.6. The molecule has 9 nitrogen and oxygen atoms in total. The molecule has 3 aromatic rings. The molecular weight excluding hydrogens is 460 g/mol. The van der Waals surface area contributed by atoms with Crippen molar-refractivity contribution in [3.63, 3.8) is 0 Å². The first-order valence-corrected chi connectivity index (χ1v) is 11.4. The minimum Gasteiger partial charge on any atom is -0.389 e. The summed E-state index contributed by atoms with van der Waals surface area (Å²) in [6.07, 6.45) is 0. The molecule has 0 saturated carbocycles. The van der Waals surface area contributed by atoms with Crippen molar-refractivity contribution in [3.8, 4) is 10.6 Å². The summed E-state index contributed by atoms with van der Waals surface area (Å²) < 4.78 is 0. The van der Waals surface area contributed by atoms with E-state index in [2.05, 4.69) is 25.5 Å². The van der Waals surface area contributed by atoms with E-state index in [4.69, 9.17) is 17.3 Å². The number of carbonyl (C=O) groups excluding carboxylic acids is 2. The Labute approximate surface area is 190 Å². The predicted molar refractivity (Wildman–Crippen MR) is 121 cm³/mol. The molecule has 1 fully saturated rings. The number of rotatable bonds is 7. The Bertz CT molecular complexity index is 1090. The second-order valence-electron chi connectivity index (χ2n) is 6.86. The van der Waals surface area contributed by atoms with Gasteiger partial charge in [-0.05, 0) is 24.3 Å². The van der Waals surface area contributed by atoms with Gasteiger partial charge < -0.3 is 26.4 Å². The van der Waals surface area contributed by atoms with Crippen molar-refractivity contribution in [1.29, 1.82) is 0 Å². The van der Waals surface area contributed by atoms with Gasteiger partial charge >= 0.3 is 6.03 Å². The van der Waals surface area contributed by atoms with Crippen LogP contribution in [0.4, 0.5) is 15.6 Å². The first-order chi connectivity index (χ1) is 14.9. The smallest absolute Gasteiger partial charge is 0.312 e. The third kappa shape index (κ3) is 4.96. The summed E-state index contributed by atoms with van der Waals surface area (Å²) in [5.41, 5.74) is 7.35. The molecule has 1 aliphatic heterocycles. The van der Waals surface area contributed by atoms with Crippen molar-refractivity contribution in [2.45, 2.75) is 13.2 Å². The molecule has 0 aliphatic carbocycles. The zero-order chi connectivity index (χ0) is 22.0. The zero-order valence-electron chi connectivity index (χ0n) is 16.2. The topological polar surface area (TPSA) is 133 Å². The van der Waals surface area contributed by atoms with Gasteiger partial charge in [-0.15, -0.1) is 22.7 Å². The number of nitrogens with one attached hydrogen (secondary N) is 2. The Morgan fingerprint density at radius 2 is 2.00 bits per heavy atom. The Morgan fingerprint density at radius 3 is 2.68 bits per heavy atom. The molecule has 5 N–H and O–H groups in total. The van der Waals surface area contributed by atoms with Gasteiger partial charge in [-0.2, -0.15) is 0 Å². The van der Waals surface area contributed by atoms with Crippen molar-refractivity contribution in [1.82, 2.24) is 15.3 Å². The Hall–Kier alpha value is -2.73. The summed E-state index contributed by atoms with van der Waals surface area (Å²) in [5.74, 6) is -0.204. The fraction of sp³-hybridized carbons (Fsp3) is 0.263. The van der Waals surface area contributed by atoms with E-state index < -0.39 is 6.03 Å². The quantitative estimate of drug-likeness (QED) is 0.412. The second kappa shape index (κ2) is 9.18. The van der Waals surface area contributed by atoms with Crippen LogP contribution in [0.3, 0.4) is 0 Å². The standard InChI is InChI=1S/C19H19ClN6O3S2/c20-11-1-3-12(4-2-11)26-6-10(7-26)17(28)25-19-24-14(9-30-19)16-13(5-22-18(21)29)23-15(8-27)31-16/h1-4,9-10,27H,5-8H2,(H3,21,22,29)(H,24,25,28). The lowest BCUT2D eigenvalue weighted by molar-refractivity contribution is -0.120. The van der Waals surface area contributed by atoms with Gasteiger partial charge in [0.2, 0.25) is 5.91 Å². The van der Waals surface area contributed by atoms with Crippen molar-refractivity contribution in [3.05, 3.63) is 45.4 Å². The number of thiazole rings is 2. The first kappa shape index (κ1) is 21.5. The zero-order valence-corrected chi connectivity index (χ0v) is 18.6. The summed E-state index contributed by atoms with van der Waals surface area (Å²) in [6, 6.07) is 6.87. The number of amides is 3. The van der Waals surface area contributed by atoms with Gasteiger partial charge in [0.05, 0.1) is 35.3 Å². The van der Waals surface area contributed by atoms with Crippen LogP contribution in [0.1, 0.15) is 10.7 Å². The number of carbonyl (C=O) groups is 2. The van der Waals surface area contributed by atoms with Crippen LogP contribution in [-0.4, -0.2) is 40.1 Å². The van der Waals surface area contributed by atoms with E-state index in [1.807, 2.05) is 24.3 Å². The third-order valence-electron chi connectivity index (χ3n) is 4.72. The Morgan fingerprint density at radius 1 is 1.26 bits per heavy atom. The van der Waals surface area contributed by atoms with Gasteiger partial charge in [-0.1, -0.05) is 11.6 Å². The Balaban J connectivity index is 1.38. The highest BCUT2D eigenvalue weighted by Crippen LogP contribution is 2.33. The number of aromatic nitrogens is 2. The average molecular weight is 479 g/mol. The van der Waals surface area contributed by atoms with Gasteiger partial charge in [-0.25, -0.2) is 14.8 Å². The first-order valence-electron chi connectivity index (χ1n) is 9.33. The lowest BCUT2D eigenvalue weighted by Gasteiger charge is -2.39. The van der Waals surface area contributed by atoms with Gasteiger partial charge in [0.1, 0.15) is 5.01 Å². The number of aliphatic hydroxyl groups is 1. The van der Waals surface area contributed by atoms with Gasteiger partial charge in [-0.3, -0.25) is 4.79 Å². The minimum absolute atomic E-state index is 0.0814. The number of nitrogens with two attached hydrogens (primary N) is 1. The van der Waals surface area contributed by atoms with E-state index in [-0.39, 0.29) is 25.0 Å². The normalized spacial score (nSPS) is 13.7. The summed E-state index contributed by atoms with van der Waals surface area (Å²) in [6.45, 7) is 1.17. The molecule has 162 valence electrons.